The average Bonchev–Trinajstić information content (AvgIpc) is 2.66. The Morgan fingerprint density at radius 3 is 2.33 bits per heavy atom. The molecule has 0 N–H and O–H groups in total. The van der Waals surface area contributed by atoms with Gasteiger partial charge in [0.1, 0.15) is 0 Å². The van der Waals surface area contributed by atoms with Crippen LogP contribution in [0.3, 0.4) is 0 Å². The summed E-state index contributed by atoms with van der Waals surface area (Å²) < 4.78 is 1.52. The van der Waals surface area contributed by atoms with E-state index >= 15 is 0 Å². The first kappa shape index (κ1) is 14.3. The Kier molecular flexibility index (Phi) is 3.63. The summed E-state index contributed by atoms with van der Waals surface area (Å²) in [6.45, 7) is 0.400. The summed E-state index contributed by atoms with van der Waals surface area (Å²) in [6.07, 6.45) is 3.47. The van der Waals surface area contributed by atoms with Crippen molar-refractivity contribution in [2.45, 2.75) is 6.54 Å². The molecule has 0 atom stereocenters. The lowest BCUT2D eigenvalue weighted by molar-refractivity contribution is 0.649. The lowest BCUT2D eigenvalue weighted by atomic mass is 10.1. The van der Waals surface area contributed by atoms with Crippen LogP contribution in [0.15, 0.2) is 83.9 Å². The number of hydrogen-bond donors (Lipinski definition) is 0. The van der Waals surface area contributed by atoms with Crippen LogP contribution in [0.2, 0.25) is 0 Å². The van der Waals surface area contributed by atoms with Crippen LogP contribution in [0, 0.1) is 0 Å². The number of aromatic nitrogens is 3. The van der Waals surface area contributed by atoms with Crippen LogP contribution in [0.1, 0.15) is 5.56 Å². The molecule has 0 saturated heterocycles. The molecule has 24 heavy (non-hydrogen) atoms. The van der Waals surface area contributed by atoms with Crippen molar-refractivity contribution in [3.05, 3.63) is 95.0 Å². The number of benzene rings is 2. The van der Waals surface area contributed by atoms with Gasteiger partial charge in [0, 0.05) is 23.3 Å². The van der Waals surface area contributed by atoms with Gasteiger partial charge in [0.2, 0.25) is 0 Å². The summed E-state index contributed by atoms with van der Waals surface area (Å²) in [5, 5.41) is 6.19. The lowest BCUT2D eigenvalue weighted by Gasteiger charge is -2.11. The first-order valence-corrected chi connectivity index (χ1v) is 7.77. The van der Waals surface area contributed by atoms with Gasteiger partial charge in [0.15, 0.2) is 0 Å². The van der Waals surface area contributed by atoms with Gasteiger partial charge in [0.05, 0.1) is 17.6 Å². The summed E-state index contributed by atoms with van der Waals surface area (Å²) >= 11 is 0. The van der Waals surface area contributed by atoms with Gasteiger partial charge in [-0.2, -0.15) is 5.10 Å². The molecule has 0 aliphatic rings. The lowest BCUT2D eigenvalue weighted by Crippen LogP contribution is -2.24. The molecule has 4 heteroatoms. The third kappa shape index (κ3) is 2.58. The Bertz CT molecular complexity index is 1040. The molecule has 4 aromatic rings. The van der Waals surface area contributed by atoms with Crippen molar-refractivity contribution in [1.82, 2.24) is 14.8 Å². The van der Waals surface area contributed by atoms with Crippen molar-refractivity contribution in [1.29, 1.82) is 0 Å². The molecule has 0 radical (unpaired) electrons. The minimum atomic E-state index is -0.0888. The molecule has 116 valence electrons. The second kappa shape index (κ2) is 6.08. The normalized spacial score (nSPS) is 10.8. The fourth-order valence-corrected chi connectivity index (χ4v) is 2.82. The summed E-state index contributed by atoms with van der Waals surface area (Å²) in [6, 6.07) is 21.3. The van der Waals surface area contributed by atoms with E-state index in [-0.39, 0.29) is 5.56 Å². The van der Waals surface area contributed by atoms with Gasteiger partial charge in [0.25, 0.3) is 5.56 Å². The van der Waals surface area contributed by atoms with E-state index in [0.29, 0.717) is 11.9 Å². The first-order valence-electron chi connectivity index (χ1n) is 7.77. The van der Waals surface area contributed by atoms with Crippen molar-refractivity contribution in [3.8, 4) is 11.3 Å². The zero-order valence-electron chi connectivity index (χ0n) is 13.0. The fourth-order valence-electron chi connectivity index (χ4n) is 2.82. The Morgan fingerprint density at radius 2 is 1.58 bits per heavy atom. The smallest absolute Gasteiger partial charge is 0.267 e. The topological polar surface area (TPSA) is 47.8 Å². The largest absolute Gasteiger partial charge is 0.274 e. The van der Waals surface area contributed by atoms with E-state index in [1.807, 2.05) is 66.7 Å². The zero-order chi connectivity index (χ0) is 16.4. The molecule has 0 fully saturated rings. The van der Waals surface area contributed by atoms with Crippen molar-refractivity contribution < 1.29 is 0 Å². The number of nitrogens with zero attached hydrogens (tertiary/aromatic N) is 3. The minimum absolute atomic E-state index is 0.0888. The summed E-state index contributed by atoms with van der Waals surface area (Å²) in [7, 11) is 0. The summed E-state index contributed by atoms with van der Waals surface area (Å²) in [5.74, 6) is 0. The fraction of sp³-hybridized carbons (Fsp3) is 0.0500. The second-order valence-electron chi connectivity index (χ2n) is 5.58. The van der Waals surface area contributed by atoms with Gasteiger partial charge < -0.3 is 0 Å². The average molecular weight is 313 g/mol. The van der Waals surface area contributed by atoms with E-state index in [1.165, 1.54) is 4.68 Å². The zero-order valence-corrected chi connectivity index (χ0v) is 13.0. The molecule has 4 rings (SSSR count). The van der Waals surface area contributed by atoms with Crippen molar-refractivity contribution >= 4 is 10.8 Å². The highest BCUT2D eigenvalue weighted by Crippen LogP contribution is 2.24. The number of pyridine rings is 1. The molecule has 4 nitrogen and oxygen atoms in total. The van der Waals surface area contributed by atoms with Crippen molar-refractivity contribution in [2.24, 2.45) is 0 Å². The van der Waals surface area contributed by atoms with E-state index in [2.05, 4.69) is 10.1 Å². The molecule has 2 aromatic carbocycles. The Hall–Kier alpha value is -3.27. The third-order valence-electron chi connectivity index (χ3n) is 3.97. The van der Waals surface area contributed by atoms with Crippen molar-refractivity contribution in [3.63, 3.8) is 0 Å². The highest BCUT2D eigenvalue weighted by molar-refractivity contribution is 5.93. The van der Waals surface area contributed by atoms with Gasteiger partial charge in [-0.3, -0.25) is 9.78 Å². The monoisotopic (exact) mass is 313 g/mol. The number of hydrogen-bond acceptors (Lipinski definition) is 3. The van der Waals surface area contributed by atoms with Crippen molar-refractivity contribution in [2.75, 3.05) is 0 Å². The van der Waals surface area contributed by atoms with E-state index in [4.69, 9.17) is 0 Å². The van der Waals surface area contributed by atoms with Crippen LogP contribution < -0.4 is 5.56 Å². The third-order valence-corrected chi connectivity index (χ3v) is 3.97. The number of rotatable bonds is 3. The highest BCUT2D eigenvalue weighted by Gasteiger charge is 2.12. The van der Waals surface area contributed by atoms with Crippen LogP contribution >= 0.6 is 0 Å². The number of fused-ring (bicyclic) bond motifs is 1. The van der Waals surface area contributed by atoms with E-state index in [1.54, 1.807) is 12.4 Å². The Balaban J connectivity index is 1.95. The van der Waals surface area contributed by atoms with Crippen LogP contribution in [-0.2, 0) is 6.54 Å². The molecule has 0 unspecified atom stereocenters. The van der Waals surface area contributed by atoms with Gasteiger partial charge in [-0.05, 0) is 17.7 Å². The summed E-state index contributed by atoms with van der Waals surface area (Å²) in [4.78, 5) is 16.9. The minimum Gasteiger partial charge on any atom is -0.267 e. The van der Waals surface area contributed by atoms with Crippen LogP contribution in [0.5, 0.6) is 0 Å². The maximum atomic E-state index is 12.8. The van der Waals surface area contributed by atoms with Gasteiger partial charge in [-0.1, -0.05) is 54.6 Å². The molecule has 0 saturated carbocycles. The molecule has 2 aromatic heterocycles. The van der Waals surface area contributed by atoms with Crippen LogP contribution in [-0.4, -0.2) is 14.8 Å². The quantitative estimate of drug-likeness (QED) is 0.581. The van der Waals surface area contributed by atoms with Crippen LogP contribution in [0.4, 0.5) is 0 Å². The summed E-state index contributed by atoms with van der Waals surface area (Å²) in [5.41, 5.74) is 2.67. The standard InChI is InChI=1S/C20H15N3O/c24-20-18-11-5-4-10-17(18)19(16-8-2-1-3-9-16)22-23(20)14-15-7-6-12-21-13-15/h1-13H,14H2. The SMILES string of the molecule is O=c1c2ccccc2c(-c2ccccc2)nn1Cc1cccnc1. The molecular weight excluding hydrogens is 298 g/mol. The Morgan fingerprint density at radius 1 is 0.833 bits per heavy atom. The van der Waals surface area contributed by atoms with Gasteiger partial charge >= 0.3 is 0 Å². The maximum Gasteiger partial charge on any atom is 0.274 e. The predicted octanol–water partition coefficient (Wildman–Crippen LogP) is 3.51. The van der Waals surface area contributed by atoms with Gasteiger partial charge in [-0.25, -0.2) is 4.68 Å². The highest BCUT2D eigenvalue weighted by atomic mass is 16.1. The molecule has 0 aliphatic carbocycles. The molecule has 2 heterocycles. The molecule has 0 bridgehead atoms. The van der Waals surface area contributed by atoms with E-state index < -0.39 is 0 Å². The first-order chi connectivity index (χ1) is 11.8. The molecule has 0 spiro atoms. The maximum absolute atomic E-state index is 12.8. The van der Waals surface area contributed by atoms with E-state index in [0.717, 1.165) is 22.2 Å². The Labute approximate surface area is 139 Å². The van der Waals surface area contributed by atoms with Crippen LogP contribution in [0.25, 0.3) is 22.0 Å². The van der Waals surface area contributed by atoms with E-state index in [9.17, 15) is 4.79 Å². The molecule has 0 aliphatic heterocycles. The predicted molar refractivity (Wildman–Crippen MR) is 94.8 cm³/mol. The second-order valence-corrected chi connectivity index (χ2v) is 5.58. The molecule has 0 amide bonds. The molecular formula is C20H15N3O. The van der Waals surface area contributed by atoms with Gasteiger partial charge in [-0.15, -0.1) is 0 Å².